The average Bonchev–Trinajstić information content (AvgIpc) is 2.24. The summed E-state index contributed by atoms with van der Waals surface area (Å²) in [6.45, 7) is 0. The Morgan fingerprint density at radius 2 is 1.75 bits per heavy atom. The van der Waals surface area contributed by atoms with Gasteiger partial charge in [-0.15, -0.1) is 0 Å². The zero-order valence-corrected chi connectivity index (χ0v) is 8.35. The van der Waals surface area contributed by atoms with E-state index in [1.807, 2.05) is 0 Å². The number of rotatable bonds is 3. The quantitative estimate of drug-likeness (QED) is 0.746. The summed E-state index contributed by atoms with van der Waals surface area (Å²) >= 11 is 0. The fraction of sp³-hybridized carbons (Fsp3) is 0.300. The summed E-state index contributed by atoms with van der Waals surface area (Å²) in [7, 11) is 1.02. The van der Waals surface area contributed by atoms with Crippen LogP contribution in [0.4, 0.5) is 8.78 Å². The first-order valence-corrected chi connectivity index (χ1v) is 4.35. The van der Waals surface area contributed by atoms with Gasteiger partial charge in [0.15, 0.2) is 6.10 Å². The van der Waals surface area contributed by atoms with Crippen molar-refractivity contribution in [3.05, 3.63) is 35.4 Å². The predicted molar refractivity (Wildman–Crippen MR) is 49.3 cm³/mol. The first-order valence-electron chi connectivity index (χ1n) is 4.35. The van der Waals surface area contributed by atoms with Gasteiger partial charge in [-0.1, -0.05) is 0 Å². The van der Waals surface area contributed by atoms with E-state index in [-0.39, 0.29) is 5.56 Å². The van der Waals surface area contributed by atoms with Crippen LogP contribution in [0.3, 0.4) is 0 Å². The number of ether oxygens (including phenoxy) is 1. The highest BCUT2D eigenvalue weighted by atomic mass is 19.1. The molecule has 2 unspecified atom stereocenters. The van der Waals surface area contributed by atoms with Crippen LogP contribution in [-0.4, -0.2) is 29.4 Å². The van der Waals surface area contributed by atoms with Crippen LogP contribution in [0, 0.1) is 11.6 Å². The summed E-state index contributed by atoms with van der Waals surface area (Å²) in [5.74, 6) is -2.91. The van der Waals surface area contributed by atoms with Gasteiger partial charge in [0, 0.05) is 6.07 Å². The van der Waals surface area contributed by atoms with Gasteiger partial charge in [0.2, 0.25) is 0 Å². The van der Waals surface area contributed by atoms with E-state index in [9.17, 15) is 23.8 Å². The van der Waals surface area contributed by atoms with E-state index in [1.165, 1.54) is 0 Å². The Labute approximate surface area is 90.1 Å². The van der Waals surface area contributed by atoms with E-state index >= 15 is 0 Å². The van der Waals surface area contributed by atoms with Crippen LogP contribution in [0.15, 0.2) is 18.2 Å². The minimum Gasteiger partial charge on any atom is -0.467 e. The highest BCUT2D eigenvalue weighted by Gasteiger charge is 2.27. The van der Waals surface area contributed by atoms with E-state index < -0.39 is 29.8 Å². The number of halogens is 2. The second kappa shape index (κ2) is 5.00. The molecule has 2 N–H and O–H groups in total. The van der Waals surface area contributed by atoms with Gasteiger partial charge in [-0.3, -0.25) is 0 Å². The lowest BCUT2D eigenvalue weighted by atomic mass is 10.0. The van der Waals surface area contributed by atoms with Crippen molar-refractivity contribution >= 4 is 5.97 Å². The molecule has 0 spiro atoms. The largest absolute Gasteiger partial charge is 0.467 e. The van der Waals surface area contributed by atoms with Crippen molar-refractivity contribution in [2.45, 2.75) is 12.2 Å². The number of esters is 1. The van der Waals surface area contributed by atoms with Gasteiger partial charge >= 0.3 is 5.97 Å². The first-order chi connectivity index (χ1) is 7.45. The summed E-state index contributed by atoms with van der Waals surface area (Å²) in [5.41, 5.74) is -0.240. The minimum atomic E-state index is -1.88. The zero-order chi connectivity index (χ0) is 12.3. The molecule has 0 aromatic heterocycles. The Morgan fingerprint density at radius 3 is 2.19 bits per heavy atom. The van der Waals surface area contributed by atoms with Gasteiger partial charge in [0.05, 0.1) is 7.11 Å². The molecule has 2 atom stereocenters. The third kappa shape index (κ3) is 2.74. The molecule has 0 bridgehead atoms. The number of methoxy groups -OCH3 is 1. The van der Waals surface area contributed by atoms with Crippen LogP contribution >= 0.6 is 0 Å². The zero-order valence-electron chi connectivity index (χ0n) is 8.35. The molecule has 4 nitrogen and oxygen atoms in total. The van der Waals surface area contributed by atoms with Crippen molar-refractivity contribution < 1.29 is 28.5 Å². The molecule has 6 heteroatoms. The van der Waals surface area contributed by atoms with Crippen LogP contribution in [0.25, 0.3) is 0 Å². The lowest BCUT2D eigenvalue weighted by Gasteiger charge is -2.15. The summed E-state index contributed by atoms with van der Waals surface area (Å²) < 4.78 is 29.8. The van der Waals surface area contributed by atoms with Crippen molar-refractivity contribution in [1.29, 1.82) is 0 Å². The van der Waals surface area contributed by atoms with E-state index in [0.717, 1.165) is 19.2 Å². The van der Waals surface area contributed by atoms with Crippen molar-refractivity contribution in [2.75, 3.05) is 7.11 Å². The molecule has 1 rings (SSSR count). The van der Waals surface area contributed by atoms with Gasteiger partial charge < -0.3 is 14.9 Å². The molecule has 0 fully saturated rings. The van der Waals surface area contributed by atoms with Gasteiger partial charge in [-0.2, -0.15) is 0 Å². The number of aliphatic hydroxyl groups is 2. The van der Waals surface area contributed by atoms with Crippen LogP contribution in [0.2, 0.25) is 0 Å². The van der Waals surface area contributed by atoms with Crippen molar-refractivity contribution in [3.63, 3.8) is 0 Å². The maximum Gasteiger partial charge on any atom is 0.337 e. The molecule has 0 saturated carbocycles. The number of hydrogen-bond acceptors (Lipinski definition) is 4. The van der Waals surface area contributed by atoms with Gasteiger partial charge in [-0.05, 0) is 17.7 Å². The second-order valence-corrected chi connectivity index (χ2v) is 3.12. The molecule has 0 aliphatic carbocycles. The molecule has 1 aromatic carbocycles. The standard InChI is InChI=1S/C10H10F2O4/c1-16-10(15)9(14)8(13)5-2-6(11)4-7(12)3-5/h2-4,8-9,13-14H,1H3. The fourth-order valence-corrected chi connectivity index (χ4v) is 1.18. The van der Waals surface area contributed by atoms with E-state index in [4.69, 9.17) is 0 Å². The van der Waals surface area contributed by atoms with Crippen molar-refractivity contribution in [2.24, 2.45) is 0 Å². The van der Waals surface area contributed by atoms with Crippen LogP contribution in [0.5, 0.6) is 0 Å². The molecule has 88 valence electrons. The number of benzene rings is 1. The molecule has 0 amide bonds. The SMILES string of the molecule is COC(=O)C(O)C(O)c1cc(F)cc(F)c1. The first kappa shape index (κ1) is 12.5. The van der Waals surface area contributed by atoms with Gasteiger partial charge in [0.1, 0.15) is 17.7 Å². The highest BCUT2D eigenvalue weighted by molar-refractivity contribution is 5.75. The lowest BCUT2D eigenvalue weighted by molar-refractivity contribution is -0.156. The third-order valence-corrected chi connectivity index (χ3v) is 1.97. The fourth-order valence-electron chi connectivity index (χ4n) is 1.18. The predicted octanol–water partition coefficient (Wildman–Crippen LogP) is 0.532. The number of carbonyl (C=O) groups excluding carboxylic acids is 1. The lowest BCUT2D eigenvalue weighted by Crippen LogP contribution is -2.29. The van der Waals surface area contributed by atoms with Crippen LogP contribution in [0.1, 0.15) is 11.7 Å². The van der Waals surface area contributed by atoms with E-state index in [1.54, 1.807) is 0 Å². The second-order valence-electron chi connectivity index (χ2n) is 3.12. The van der Waals surface area contributed by atoms with Crippen molar-refractivity contribution in [3.8, 4) is 0 Å². The molecule has 0 heterocycles. The van der Waals surface area contributed by atoms with E-state index in [0.29, 0.717) is 6.07 Å². The van der Waals surface area contributed by atoms with E-state index in [2.05, 4.69) is 4.74 Å². The smallest absolute Gasteiger partial charge is 0.337 e. The molecular weight excluding hydrogens is 222 g/mol. The monoisotopic (exact) mass is 232 g/mol. The molecule has 0 radical (unpaired) electrons. The number of carbonyl (C=O) groups is 1. The maximum absolute atomic E-state index is 12.8. The maximum atomic E-state index is 12.8. The van der Waals surface area contributed by atoms with Gasteiger partial charge in [0.25, 0.3) is 0 Å². The van der Waals surface area contributed by atoms with Gasteiger partial charge in [-0.25, -0.2) is 13.6 Å². The topological polar surface area (TPSA) is 66.8 Å². The molecule has 0 aliphatic heterocycles. The number of aliphatic hydroxyl groups excluding tert-OH is 2. The molecular formula is C10H10F2O4. The molecule has 16 heavy (non-hydrogen) atoms. The summed E-state index contributed by atoms with van der Waals surface area (Å²) in [4.78, 5) is 10.9. The Bertz CT molecular complexity index is 374. The minimum absolute atomic E-state index is 0.240. The normalized spacial score (nSPS) is 14.3. The summed E-state index contributed by atoms with van der Waals surface area (Å²) in [6, 6.07) is 2.25. The Morgan fingerprint density at radius 1 is 1.25 bits per heavy atom. The van der Waals surface area contributed by atoms with Crippen LogP contribution < -0.4 is 0 Å². The average molecular weight is 232 g/mol. The molecule has 0 saturated heterocycles. The van der Waals surface area contributed by atoms with Crippen LogP contribution in [-0.2, 0) is 9.53 Å². The summed E-state index contributed by atoms with van der Waals surface area (Å²) in [5, 5.41) is 18.7. The Hall–Kier alpha value is -1.53. The number of hydrogen-bond donors (Lipinski definition) is 2. The Kier molecular flexibility index (Phi) is 3.92. The summed E-state index contributed by atoms with van der Waals surface area (Å²) in [6.07, 6.45) is -3.62. The highest BCUT2D eigenvalue weighted by Crippen LogP contribution is 2.20. The van der Waals surface area contributed by atoms with Crippen molar-refractivity contribution in [1.82, 2.24) is 0 Å². The third-order valence-electron chi connectivity index (χ3n) is 1.97. The molecule has 1 aromatic rings. The Balaban J connectivity index is 2.95. The molecule has 0 aliphatic rings.